The predicted molar refractivity (Wildman–Crippen MR) is 57.4 cm³/mol. The van der Waals surface area contributed by atoms with Gasteiger partial charge >= 0.3 is 0 Å². The lowest BCUT2D eigenvalue weighted by atomic mass is 10.0. The lowest BCUT2D eigenvalue weighted by Gasteiger charge is -2.05. The topological polar surface area (TPSA) is 40.9 Å². The fraction of sp³-hybridized carbons (Fsp3) is 0.364. The summed E-state index contributed by atoms with van der Waals surface area (Å²) in [6, 6.07) is 9.51. The molecule has 1 aromatic carbocycles. The Morgan fingerprint density at radius 2 is 1.93 bits per heavy atom. The zero-order chi connectivity index (χ0) is 10.6. The average molecular weight is 207 g/mol. The molecule has 14 heavy (non-hydrogen) atoms. The second-order valence-corrected chi connectivity index (χ2v) is 4.82. The lowest BCUT2D eigenvalue weighted by Crippen LogP contribution is -1.96. The number of nitriles is 1. The first-order chi connectivity index (χ1) is 6.65. The molecule has 1 unspecified atom stereocenters. The molecule has 0 saturated heterocycles. The SMILES string of the molecule is CC(C)c1ccc(S(=O)CC#N)cc1. The van der Waals surface area contributed by atoms with Gasteiger partial charge in [0, 0.05) is 4.90 Å². The second-order valence-electron chi connectivity index (χ2n) is 3.37. The largest absolute Gasteiger partial charge is 0.253 e. The van der Waals surface area contributed by atoms with E-state index in [4.69, 9.17) is 5.26 Å². The lowest BCUT2D eigenvalue weighted by molar-refractivity contribution is 0.685. The van der Waals surface area contributed by atoms with Crippen molar-refractivity contribution in [1.29, 1.82) is 5.26 Å². The molecule has 3 heteroatoms. The van der Waals surface area contributed by atoms with E-state index in [0.717, 1.165) is 4.90 Å². The van der Waals surface area contributed by atoms with Crippen LogP contribution in [0.25, 0.3) is 0 Å². The van der Waals surface area contributed by atoms with Gasteiger partial charge in [0.15, 0.2) is 0 Å². The van der Waals surface area contributed by atoms with Crippen LogP contribution in [0.2, 0.25) is 0 Å². The van der Waals surface area contributed by atoms with Crippen molar-refractivity contribution in [3.63, 3.8) is 0 Å². The maximum atomic E-state index is 11.4. The molecule has 0 radical (unpaired) electrons. The molecule has 0 fully saturated rings. The molecule has 0 aliphatic heterocycles. The summed E-state index contributed by atoms with van der Waals surface area (Å²) in [4.78, 5) is 0.732. The maximum Gasteiger partial charge on any atom is 0.115 e. The molecule has 0 aliphatic rings. The summed E-state index contributed by atoms with van der Waals surface area (Å²) in [7, 11) is -1.17. The average Bonchev–Trinajstić information content (AvgIpc) is 2.18. The molecule has 1 aromatic rings. The number of nitrogens with zero attached hydrogens (tertiary/aromatic N) is 1. The van der Waals surface area contributed by atoms with Crippen molar-refractivity contribution in [1.82, 2.24) is 0 Å². The molecule has 1 atom stereocenters. The van der Waals surface area contributed by atoms with E-state index in [1.54, 1.807) is 0 Å². The summed E-state index contributed by atoms with van der Waals surface area (Å²) in [6.07, 6.45) is 0. The Bertz CT molecular complexity index is 362. The Hall–Kier alpha value is -1.14. The molecule has 0 aromatic heterocycles. The molecule has 0 heterocycles. The fourth-order valence-corrected chi connectivity index (χ4v) is 1.87. The van der Waals surface area contributed by atoms with Crippen molar-refractivity contribution >= 4 is 10.8 Å². The first-order valence-electron chi connectivity index (χ1n) is 4.50. The van der Waals surface area contributed by atoms with Gasteiger partial charge in [0.2, 0.25) is 0 Å². The smallest absolute Gasteiger partial charge is 0.115 e. The van der Waals surface area contributed by atoms with Gasteiger partial charge in [-0.05, 0) is 23.6 Å². The van der Waals surface area contributed by atoms with Crippen LogP contribution in [-0.4, -0.2) is 9.96 Å². The molecule has 74 valence electrons. The molecule has 0 spiro atoms. The maximum absolute atomic E-state index is 11.4. The minimum atomic E-state index is -1.17. The Labute approximate surface area is 87.0 Å². The zero-order valence-electron chi connectivity index (χ0n) is 8.36. The van der Waals surface area contributed by atoms with Gasteiger partial charge in [-0.2, -0.15) is 5.26 Å². The first-order valence-corrected chi connectivity index (χ1v) is 5.82. The highest BCUT2D eigenvalue weighted by atomic mass is 32.2. The van der Waals surface area contributed by atoms with Crippen LogP contribution in [0.1, 0.15) is 25.3 Å². The first kappa shape index (κ1) is 10.9. The van der Waals surface area contributed by atoms with Crippen LogP contribution in [0, 0.1) is 11.3 Å². The van der Waals surface area contributed by atoms with Gasteiger partial charge in [-0.25, -0.2) is 0 Å². The molecule has 1 rings (SSSR count). The quantitative estimate of drug-likeness (QED) is 0.763. The summed E-state index contributed by atoms with van der Waals surface area (Å²) in [5.41, 5.74) is 1.22. The van der Waals surface area contributed by atoms with Crippen molar-refractivity contribution in [3.05, 3.63) is 29.8 Å². The summed E-state index contributed by atoms with van der Waals surface area (Å²) >= 11 is 0. The van der Waals surface area contributed by atoms with Gasteiger partial charge in [-0.1, -0.05) is 26.0 Å². The normalized spacial score (nSPS) is 12.4. The van der Waals surface area contributed by atoms with E-state index in [1.807, 2.05) is 30.3 Å². The van der Waals surface area contributed by atoms with Crippen LogP contribution in [0.4, 0.5) is 0 Å². The number of rotatable bonds is 3. The van der Waals surface area contributed by atoms with Crippen molar-refractivity contribution in [2.45, 2.75) is 24.7 Å². The van der Waals surface area contributed by atoms with Crippen molar-refractivity contribution in [2.75, 3.05) is 5.75 Å². The van der Waals surface area contributed by atoms with E-state index >= 15 is 0 Å². The minimum Gasteiger partial charge on any atom is -0.253 e. The summed E-state index contributed by atoms with van der Waals surface area (Å²) in [5.74, 6) is 0.551. The van der Waals surface area contributed by atoms with Crippen LogP contribution in [0.3, 0.4) is 0 Å². The van der Waals surface area contributed by atoms with Gasteiger partial charge in [-0.3, -0.25) is 4.21 Å². The van der Waals surface area contributed by atoms with E-state index in [0.29, 0.717) is 5.92 Å². The van der Waals surface area contributed by atoms with E-state index in [9.17, 15) is 4.21 Å². The van der Waals surface area contributed by atoms with Gasteiger partial charge in [-0.15, -0.1) is 0 Å². The number of benzene rings is 1. The van der Waals surface area contributed by atoms with Crippen molar-refractivity contribution in [2.24, 2.45) is 0 Å². The molecular formula is C11H13NOS. The summed E-state index contributed by atoms with van der Waals surface area (Å²) in [5, 5.41) is 8.40. The highest BCUT2D eigenvalue weighted by Crippen LogP contribution is 2.16. The number of hydrogen-bond donors (Lipinski definition) is 0. The van der Waals surface area contributed by atoms with E-state index in [-0.39, 0.29) is 5.75 Å². The Kier molecular flexibility index (Phi) is 3.84. The van der Waals surface area contributed by atoms with Gasteiger partial charge in [0.25, 0.3) is 0 Å². The molecule has 0 bridgehead atoms. The van der Waals surface area contributed by atoms with Gasteiger partial charge < -0.3 is 0 Å². The molecular weight excluding hydrogens is 194 g/mol. The van der Waals surface area contributed by atoms with Gasteiger partial charge in [0.1, 0.15) is 5.75 Å². The van der Waals surface area contributed by atoms with Crippen molar-refractivity contribution < 1.29 is 4.21 Å². The monoisotopic (exact) mass is 207 g/mol. The van der Waals surface area contributed by atoms with Crippen LogP contribution in [0.15, 0.2) is 29.2 Å². The summed E-state index contributed by atoms with van der Waals surface area (Å²) in [6.45, 7) is 4.22. The molecule has 2 nitrogen and oxygen atoms in total. The highest BCUT2D eigenvalue weighted by Gasteiger charge is 2.03. The third-order valence-corrected chi connectivity index (χ3v) is 3.19. The number of hydrogen-bond acceptors (Lipinski definition) is 2. The highest BCUT2D eigenvalue weighted by molar-refractivity contribution is 7.85. The fourth-order valence-electron chi connectivity index (χ4n) is 1.15. The standard InChI is InChI=1S/C11H13NOS/c1-9(2)10-3-5-11(6-4-10)14(13)8-7-12/h3-6,9H,8H2,1-2H3. The second kappa shape index (κ2) is 4.92. The summed E-state index contributed by atoms with van der Waals surface area (Å²) < 4.78 is 11.4. The van der Waals surface area contributed by atoms with Crippen LogP contribution >= 0.6 is 0 Å². The van der Waals surface area contributed by atoms with Crippen LogP contribution < -0.4 is 0 Å². The minimum absolute atomic E-state index is 0.0705. The third-order valence-electron chi connectivity index (χ3n) is 2.01. The predicted octanol–water partition coefficient (Wildman–Crippen LogP) is 2.44. The zero-order valence-corrected chi connectivity index (χ0v) is 9.17. The van der Waals surface area contributed by atoms with Crippen LogP contribution in [0.5, 0.6) is 0 Å². The Morgan fingerprint density at radius 3 is 2.36 bits per heavy atom. The molecule has 0 amide bonds. The third kappa shape index (κ3) is 2.68. The Balaban J connectivity index is 2.84. The van der Waals surface area contributed by atoms with E-state index in [1.165, 1.54) is 5.56 Å². The van der Waals surface area contributed by atoms with Crippen molar-refractivity contribution in [3.8, 4) is 6.07 Å². The molecule has 0 N–H and O–H groups in total. The van der Waals surface area contributed by atoms with E-state index in [2.05, 4.69) is 13.8 Å². The Morgan fingerprint density at radius 1 is 1.36 bits per heavy atom. The van der Waals surface area contributed by atoms with E-state index < -0.39 is 10.8 Å². The van der Waals surface area contributed by atoms with Crippen LogP contribution in [-0.2, 0) is 10.8 Å². The molecule has 0 saturated carbocycles. The van der Waals surface area contributed by atoms with Gasteiger partial charge in [0.05, 0.1) is 16.9 Å². The molecule has 0 aliphatic carbocycles.